The first-order chi connectivity index (χ1) is 23.3. The lowest BCUT2D eigenvalue weighted by Crippen LogP contribution is -2.55. The molecule has 0 bridgehead atoms. The minimum absolute atomic E-state index is 0.411. The molecule has 0 heterocycles. The van der Waals surface area contributed by atoms with Crippen LogP contribution in [0.4, 0.5) is 0 Å². The Morgan fingerprint density at radius 1 is 0.417 bits per heavy atom. The zero-order chi connectivity index (χ0) is 35.4. The lowest BCUT2D eigenvalue weighted by molar-refractivity contribution is -0.931. The van der Waals surface area contributed by atoms with E-state index < -0.39 is 22.0 Å². The molecule has 0 fully saturated rings. The first kappa shape index (κ1) is 47.8. The highest BCUT2D eigenvalue weighted by Crippen LogP contribution is 2.21. The zero-order valence-electron chi connectivity index (χ0n) is 33.0. The van der Waals surface area contributed by atoms with Gasteiger partial charge in [0.05, 0.1) is 35.5 Å². The lowest BCUT2D eigenvalue weighted by Gasteiger charge is -2.41. The summed E-state index contributed by atoms with van der Waals surface area (Å²) in [6.45, 7) is 10.2. The van der Waals surface area contributed by atoms with E-state index in [0.29, 0.717) is 6.54 Å². The van der Waals surface area contributed by atoms with E-state index in [1.54, 1.807) is 0 Å². The van der Waals surface area contributed by atoms with Gasteiger partial charge in [-0.2, -0.15) is 0 Å². The van der Waals surface area contributed by atoms with Crippen molar-refractivity contribution >= 4 is 10.1 Å². The second-order valence-corrected chi connectivity index (χ2v) is 17.1. The van der Waals surface area contributed by atoms with Crippen molar-refractivity contribution in [3.63, 3.8) is 0 Å². The Kier molecular flexibility index (Phi) is 35.1. The number of rotatable bonds is 40. The molecule has 0 aromatic rings. The van der Waals surface area contributed by atoms with Crippen molar-refractivity contribution in [2.45, 2.75) is 239 Å². The van der Waals surface area contributed by atoms with Crippen LogP contribution in [0.15, 0.2) is 0 Å². The minimum atomic E-state index is -4.44. The van der Waals surface area contributed by atoms with E-state index in [4.69, 9.17) is 0 Å². The molecule has 0 aromatic heterocycles. The molecule has 0 aliphatic rings. The Morgan fingerprint density at radius 3 is 0.833 bits per heavy atom. The van der Waals surface area contributed by atoms with Crippen LogP contribution >= 0.6 is 0 Å². The summed E-state index contributed by atoms with van der Waals surface area (Å²) in [4.78, 5) is 0. The minimum Gasteiger partial charge on any atom is -0.748 e. The van der Waals surface area contributed by atoms with Gasteiger partial charge < -0.3 is 14.1 Å². The molecule has 1 unspecified atom stereocenters. The van der Waals surface area contributed by atoms with E-state index in [0.717, 1.165) is 43.4 Å². The predicted molar refractivity (Wildman–Crippen MR) is 210 cm³/mol. The standard InChI is InChI=1S/C42H87NO4S/c1-4-7-10-13-16-19-22-25-28-31-34-37-43(40-42(44)41-48(45,46)47,38-35-32-29-26-23-20-17-14-11-8-5-2)39-36-33-30-27-24-21-18-15-12-9-6-3/h42,44H,4-41H2,1-3H3. The third-order valence-corrected chi connectivity index (χ3v) is 11.5. The van der Waals surface area contributed by atoms with Gasteiger partial charge in [-0.15, -0.1) is 0 Å². The Balaban J connectivity index is 4.93. The monoisotopic (exact) mass is 702 g/mol. The van der Waals surface area contributed by atoms with Gasteiger partial charge in [-0.05, 0) is 38.5 Å². The van der Waals surface area contributed by atoms with E-state index >= 15 is 0 Å². The third kappa shape index (κ3) is 34.3. The van der Waals surface area contributed by atoms with Crippen LogP contribution in [0, 0.1) is 0 Å². The summed E-state index contributed by atoms with van der Waals surface area (Å²) in [6, 6.07) is 0. The highest BCUT2D eigenvalue weighted by atomic mass is 32.2. The van der Waals surface area contributed by atoms with Crippen LogP contribution in [0.2, 0.25) is 0 Å². The van der Waals surface area contributed by atoms with Crippen LogP contribution in [0.25, 0.3) is 0 Å². The van der Waals surface area contributed by atoms with Gasteiger partial charge in [0, 0.05) is 0 Å². The fraction of sp³-hybridized carbons (Fsp3) is 1.00. The molecule has 5 nitrogen and oxygen atoms in total. The molecule has 0 radical (unpaired) electrons. The summed E-state index contributed by atoms with van der Waals surface area (Å²) in [7, 11) is -4.44. The molecule has 48 heavy (non-hydrogen) atoms. The number of aliphatic hydroxyl groups excluding tert-OH is 1. The van der Waals surface area contributed by atoms with Crippen LogP contribution in [-0.2, 0) is 10.1 Å². The summed E-state index contributed by atoms with van der Waals surface area (Å²) >= 11 is 0. The zero-order valence-corrected chi connectivity index (χ0v) is 33.8. The molecule has 290 valence electrons. The van der Waals surface area contributed by atoms with Crippen LogP contribution in [-0.4, -0.2) is 60.6 Å². The van der Waals surface area contributed by atoms with Crippen LogP contribution in [0.3, 0.4) is 0 Å². The van der Waals surface area contributed by atoms with Gasteiger partial charge in [0.25, 0.3) is 0 Å². The van der Waals surface area contributed by atoms with Gasteiger partial charge >= 0.3 is 0 Å². The van der Waals surface area contributed by atoms with E-state index in [-0.39, 0.29) is 0 Å². The molecule has 1 N–H and O–H groups in total. The summed E-state index contributed by atoms with van der Waals surface area (Å²) in [5, 5.41) is 10.9. The molecule has 0 saturated heterocycles. The maximum atomic E-state index is 11.6. The second-order valence-electron chi connectivity index (χ2n) is 15.7. The Labute approximate surface area is 302 Å². The average Bonchev–Trinajstić information content (AvgIpc) is 3.04. The van der Waals surface area contributed by atoms with Crippen LogP contribution in [0.5, 0.6) is 0 Å². The number of nitrogens with zero attached hydrogens (tertiary/aromatic N) is 1. The third-order valence-electron chi connectivity index (χ3n) is 10.7. The van der Waals surface area contributed by atoms with Crippen molar-refractivity contribution in [2.24, 2.45) is 0 Å². The van der Waals surface area contributed by atoms with Gasteiger partial charge in [0.2, 0.25) is 0 Å². The van der Waals surface area contributed by atoms with Crippen molar-refractivity contribution in [1.29, 1.82) is 0 Å². The normalized spacial score (nSPS) is 13.0. The van der Waals surface area contributed by atoms with Gasteiger partial charge in [-0.3, -0.25) is 0 Å². The summed E-state index contributed by atoms with van der Waals surface area (Å²) < 4.78 is 35.5. The van der Waals surface area contributed by atoms with E-state index in [1.807, 2.05) is 0 Å². The molecule has 6 heteroatoms. The number of hydrogen-bond acceptors (Lipinski definition) is 4. The molecule has 0 aromatic carbocycles. The molecule has 0 aliphatic heterocycles. The second kappa shape index (κ2) is 35.2. The number of hydrogen-bond donors (Lipinski definition) is 1. The molecular formula is C42H87NO4S. The van der Waals surface area contributed by atoms with Crippen molar-refractivity contribution in [1.82, 2.24) is 0 Å². The largest absolute Gasteiger partial charge is 0.748 e. The van der Waals surface area contributed by atoms with Crippen LogP contribution in [0.1, 0.15) is 233 Å². The maximum absolute atomic E-state index is 11.6. The highest BCUT2D eigenvalue weighted by Gasteiger charge is 2.30. The topological polar surface area (TPSA) is 77.4 Å². The van der Waals surface area contributed by atoms with Gasteiger partial charge in [0.15, 0.2) is 0 Å². The van der Waals surface area contributed by atoms with Crippen molar-refractivity contribution in [2.75, 3.05) is 31.9 Å². The summed E-state index contributed by atoms with van der Waals surface area (Å²) in [5.41, 5.74) is 0. The molecule has 0 spiro atoms. The number of aliphatic hydroxyl groups is 1. The molecule has 1 atom stereocenters. The van der Waals surface area contributed by atoms with Gasteiger partial charge in [0.1, 0.15) is 12.6 Å². The number of quaternary nitrogens is 1. The summed E-state index contributed by atoms with van der Waals surface area (Å²) in [6.07, 6.45) is 42.2. The molecule has 0 aliphatic carbocycles. The van der Waals surface area contributed by atoms with Gasteiger partial charge in [-0.25, -0.2) is 8.42 Å². The molecule has 0 rings (SSSR count). The smallest absolute Gasteiger partial charge is 0.116 e. The highest BCUT2D eigenvalue weighted by molar-refractivity contribution is 7.85. The summed E-state index contributed by atoms with van der Waals surface area (Å²) in [5.74, 6) is -0.651. The van der Waals surface area contributed by atoms with Gasteiger partial charge in [-0.1, -0.05) is 194 Å². The molecule has 0 saturated carbocycles. The average molecular weight is 702 g/mol. The van der Waals surface area contributed by atoms with Crippen LogP contribution < -0.4 is 0 Å². The fourth-order valence-electron chi connectivity index (χ4n) is 7.68. The molecule has 0 amide bonds. The Morgan fingerprint density at radius 2 is 0.625 bits per heavy atom. The SMILES string of the molecule is CCCCCCCCCCCCC[N+](CCCCCCCCCCCCC)(CCCCCCCCCCCCC)CC(O)CS(=O)(=O)[O-]. The van der Waals surface area contributed by atoms with Crippen molar-refractivity contribution < 1.29 is 22.6 Å². The predicted octanol–water partition coefficient (Wildman–Crippen LogP) is 12.6. The van der Waals surface area contributed by atoms with E-state index in [2.05, 4.69) is 20.8 Å². The fourth-order valence-corrected chi connectivity index (χ4v) is 8.26. The molecular weight excluding hydrogens is 615 g/mol. The lowest BCUT2D eigenvalue weighted by atomic mass is 10.0. The number of unbranched alkanes of at least 4 members (excludes halogenated alkanes) is 30. The first-order valence-corrected chi connectivity index (χ1v) is 23.3. The Hall–Kier alpha value is -0.170. The maximum Gasteiger partial charge on any atom is 0.116 e. The van der Waals surface area contributed by atoms with Crippen molar-refractivity contribution in [3.05, 3.63) is 0 Å². The Bertz CT molecular complexity index is 679. The first-order valence-electron chi connectivity index (χ1n) is 21.7. The van der Waals surface area contributed by atoms with E-state index in [9.17, 15) is 18.1 Å². The van der Waals surface area contributed by atoms with Crippen molar-refractivity contribution in [3.8, 4) is 0 Å². The quantitative estimate of drug-likeness (QED) is 0.0392. The van der Waals surface area contributed by atoms with E-state index in [1.165, 1.54) is 193 Å².